The average Bonchev–Trinajstić information content (AvgIpc) is 2.79. The van der Waals surface area contributed by atoms with Crippen molar-refractivity contribution in [2.75, 3.05) is 17.3 Å². The van der Waals surface area contributed by atoms with Crippen LogP contribution in [0.4, 0.5) is 5.69 Å². The summed E-state index contributed by atoms with van der Waals surface area (Å²) in [5.41, 5.74) is -0.125. The number of aromatic carboxylic acids is 2. The Labute approximate surface area is 119 Å². The Kier molecular flexibility index (Phi) is 3.94. The largest absolute Gasteiger partial charge is 0.478 e. The van der Waals surface area contributed by atoms with E-state index in [1.807, 2.05) is 0 Å². The maximum Gasteiger partial charge on any atom is 0.337 e. The zero-order valence-electron chi connectivity index (χ0n) is 10.4. The van der Waals surface area contributed by atoms with E-state index in [4.69, 9.17) is 16.7 Å². The van der Waals surface area contributed by atoms with Crippen molar-refractivity contribution in [1.29, 1.82) is 0 Å². The zero-order valence-corrected chi connectivity index (χ0v) is 11.1. The lowest BCUT2D eigenvalue weighted by Gasteiger charge is -2.19. The second-order valence-electron chi connectivity index (χ2n) is 4.57. The van der Waals surface area contributed by atoms with Gasteiger partial charge in [0.05, 0.1) is 16.8 Å². The van der Waals surface area contributed by atoms with Crippen LogP contribution in [-0.2, 0) is 4.79 Å². The third kappa shape index (κ3) is 2.60. The summed E-state index contributed by atoms with van der Waals surface area (Å²) in [5.74, 6) is -2.40. The van der Waals surface area contributed by atoms with E-state index < -0.39 is 11.9 Å². The van der Waals surface area contributed by atoms with Crippen LogP contribution in [0.1, 0.15) is 27.1 Å². The topological polar surface area (TPSA) is 94.9 Å². The fraction of sp³-hybridized carbons (Fsp3) is 0.308. The van der Waals surface area contributed by atoms with Gasteiger partial charge in [-0.25, -0.2) is 9.59 Å². The van der Waals surface area contributed by atoms with E-state index in [0.29, 0.717) is 12.4 Å². The van der Waals surface area contributed by atoms with Crippen molar-refractivity contribution in [2.45, 2.75) is 6.42 Å². The molecule has 7 heteroatoms. The first-order chi connectivity index (χ1) is 9.43. The van der Waals surface area contributed by atoms with E-state index in [1.54, 1.807) is 0 Å². The van der Waals surface area contributed by atoms with Crippen LogP contribution in [-0.4, -0.2) is 40.5 Å². The smallest absolute Gasteiger partial charge is 0.337 e. The van der Waals surface area contributed by atoms with E-state index in [0.717, 1.165) is 6.07 Å². The quantitative estimate of drug-likeness (QED) is 0.824. The monoisotopic (exact) mass is 297 g/mol. The van der Waals surface area contributed by atoms with Gasteiger partial charge in [0.1, 0.15) is 0 Å². The molecule has 1 saturated heterocycles. The maximum absolute atomic E-state index is 11.9. The fourth-order valence-corrected chi connectivity index (χ4v) is 2.40. The maximum atomic E-state index is 11.9. The first-order valence-electron chi connectivity index (χ1n) is 5.91. The minimum Gasteiger partial charge on any atom is -0.478 e. The van der Waals surface area contributed by atoms with Gasteiger partial charge < -0.3 is 15.1 Å². The Bertz CT molecular complexity index is 586. The molecule has 1 heterocycles. The number of anilines is 1. The third-order valence-corrected chi connectivity index (χ3v) is 3.62. The molecule has 1 fully saturated rings. The lowest BCUT2D eigenvalue weighted by molar-refractivity contribution is -0.117. The summed E-state index contributed by atoms with van der Waals surface area (Å²) in [4.78, 5) is 35.4. The Morgan fingerprint density at radius 3 is 2.50 bits per heavy atom. The number of rotatable bonds is 4. The first kappa shape index (κ1) is 14.3. The molecule has 106 valence electrons. The highest BCUT2D eigenvalue weighted by Gasteiger charge is 2.32. The number of alkyl halides is 1. The van der Waals surface area contributed by atoms with Gasteiger partial charge in [-0.2, -0.15) is 0 Å². The molecular weight excluding hydrogens is 286 g/mol. The molecule has 2 N–H and O–H groups in total. The fourth-order valence-electron chi connectivity index (χ4n) is 2.19. The van der Waals surface area contributed by atoms with Crippen molar-refractivity contribution in [3.05, 3.63) is 29.3 Å². The Balaban J connectivity index is 2.44. The van der Waals surface area contributed by atoms with Crippen LogP contribution in [0.5, 0.6) is 0 Å². The summed E-state index contributed by atoms with van der Waals surface area (Å²) in [6, 6.07) is 3.69. The summed E-state index contributed by atoms with van der Waals surface area (Å²) >= 11 is 5.72. The van der Waals surface area contributed by atoms with Gasteiger partial charge in [0.15, 0.2) is 0 Å². The van der Waals surface area contributed by atoms with E-state index in [2.05, 4.69) is 0 Å². The van der Waals surface area contributed by atoms with Gasteiger partial charge in [-0.1, -0.05) is 0 Å². The highest BCUT2D eigenvalue weighted by atomic mass is 35.5. The highest BCUT2D eigenvalue weighted by molar-refractivity contribution is 6.18. The van der Waals surface area contributed by atoms with Gasteiger partial charge in [-0.3, -0.25) is 4.79 Å². The summed E-state index contributed by atoms with van der Waals surface area (Å²) < 4.78 is 0. The first-order valence-corrected chi connectivity index (χ1v) is 6.44. The van der Waals surface area contributed by atoms with Crippen LogP contribution in [0.2, 0.25) is 0 Å². The van der Waals surface area contributed by atoms with Crippen molar-refractivity contribution >= 4 is 35.1 Å². The molecule has 1 atom stereocenters. The molecular formula is C13H12ClNO5. The molecule has 0 radical (unpaired) electrons. The SMILES string of the molecule is O=C(O)c1ccc(N2CC(CCl)CC2=O)c(C(=O)O)c1. The molecule has 0 spiro atoms. The van der Waals surface area contributed by atoms with E-state index >= 15 is 0 Å². The number of carboxylic acids is 2. The number of halogens is 1. The molecule has 1 aliphatic heterocycles. The minimum atomic E-state index is -1.27. The molecule has 1 aliphatic rings. The summed E-state index contributed by atoms with van der Waals surface area (Å²) in [7, 11) is 0. The van der Waals surface area contributed by atoms with Crippen molar-refractivity contribution in [3.63, 3.8) is 0 Å². The molecule has 0 aliphatic carbocycles. The minimum absolute atomic E-state index is 0.0232. The van der Waals surface area contributed by atoms with E-state index in [9.17, 15) is 19.5 Å². The zero-order chi connectivity index (χ0) is 14.9. The number of benzene rings is 1. The second kappa shape index (κ2) is 5.50. The highest BCUT2D eigenvalue weighted by Crippen LogP contribution is 2.29. The van der Waals surface area contributed by atoms with E-state index in [1.165, 1.54) is 17.0 Å². The van der Waals surface area contributed by atoms with Crippen LogP contribution >= 0.6 is 11.6 Å². The second-order valence-corrected chi connectivity index (χ2v) is 4.88. The molecule has 1 amide bonds. The number of amides is 1. The predicted octanol–water partition coefficient (Wildman–Crippen LogP) is 1.67. The van der Waals surface area contributed by atoms with Gasteiger partial charge in [-0.15, -0.1) is 11.6 Å². The van der Waals surface area contributed by atoms with Gasteiger partial charge in [0.2, 0.25) is 5.91 Å². The summed E-state index contributed by atoms with van der Waals surface area (Å²) in [6.45, 7) is 0.342. The number of hydrogen-bond donors (Lipinski definition) is 2. The molecule has 0 saturated carbocycles. The normalized spacial score (nSPS) is 18.4. The lowest BCUT2D eigenvalue weighted by Crippen LogP contribution is -2.27. The standard InChI is InChI=1S/C13H12ClNO5/c14-5-7-3-11(16)15(6-7)10-2-1-8(12(17)18)4-9(10)13(19)20/h1-2,4,7H,3,5-6H2,(H,17,18)(H,19,20). The number of carboxylic acid groups (broad SMARTS) is 2. The molecule has 0 aromatic heterocycles. The molecule has 1 aromatic rings. The summed E-state index contributed by atoms with van der Waals surface area (Å²) in [5, 5.41) is 18.1. The Morgan fingerprint density at radius 2 is 2.00 bits per heavy atom. The van der Waals surface area contributed by atoms with Crippen molar-refractivity contribution < 1.29 is 24.6 Å². The van der Waals surface area contributed by atoms with Gasteiger partial charge in [0.25, 0.3) is 0 Å². The van der Waals surface area contributed by atoms with Crippen LogP contribution in [0.15, 0.2) is 18.2 Å². The average molecular weight is 298 g/mol. The molecule has 0 bridgehead atoms. The van der Waals surface area contributed by atoms with Gasteiger partial charge in [0, 0.05) is 18.8 Å². The number of carbonyl (C=O) groups excluding carboxylic acids is 1. The van der Waals surface area contributed by atoms with Gasteiger partial charge >= 0.3 is 11.9 Å². The number of nitrogens with zero attached hydrogens (tertiary/aromatic N) is 1. The number of hydrogen-bond acceptors (Lipinski definition) is 3. The van der Waals surface area contributed by atoms with Crippen LogP contribution < -0.4 is 4.90 Å². The predicted molar refractivity (Wildman–Crippen MR) is 71.5 cm³/mol. The van der Waals surface area contributed by atoms with Crippen LogP contribution in [0.25, 0.3) is 0 Å². The van der Waals surface area contributed by atoms with Crippen molar-refractivity contribution in [1.82, 2.24) is 0 Å². The van der Waals surface area contributed by atoms with E-state index in [-0.39, 0.29) is 35.1 Å². The summed E-state index contributed by atoms with van der Waals surface area (Å²) in [6.07, 6.45) is 0.267. The molecule has 6 nitrogen and oxygen atoms in total. The number of carbonyl (C=O) groups is 3. The molecule has 20 heavy (non-hydrogen) atoms. The molecule has 2 rings (SSSR count). The molecule has 1 unspecified atom stereocenters. The van der Waals surface area contributed by atoms with Gasteiger partial charge in [-0.05, 0) is 24.1 Å². The van der Waals surface area contributed by atoms with Crippen molar-refractivity contribution in [3.8, 4) is 0 Å². The molecule has 1 aromatic carbocycles. The Morgan fingerprint density at radius 1 is 1.30 bits per heavy atom. The van der Waals surface area contributed by atoms with Crippen LogP contribution in [0.3, 0.4) is 0 Å². The Hall–Kier alpha value is -2.08. The van der Waals surface area contributed by atoms with Crippen molar-refractivity contribution in [2.24, 2.45) is 5.92 Å². The van der Waals surface area contributed by atoms with Crippen LogP contribution in [0, 0.1) is 5.92 Å². The lowest BCUT2D eigenvalue weighted by atomic mass is 10.1. The third-order valence-electron chi connectivity index (χ3n) is 3.19.